The van der Waals surface area contributed by atoms with Crippen molar-refractivity contribution in [1.82, 2.24) is 20.9 Å². The molecule has 4 N–H and O–H groups in total. The Bertz CT molecular complexity index is 315. The van der Waals surface area contributed by atoms with Crippen molar-refractivity contribution >= 4 is 17.9 Å². The number of rotatable bonds is 5. The van der Waals surface area contributed by atoms with E-state index in [-0.39, 0.29) is 25.4 Å². The molecule has 8 nitrogen and oxygen atoms in total. The Balaban J connectivity index is 2.13. The van der Waals surface area contributed by atoms with Crippen LogP contribution in [0.25, 0.3) is 0 Å². The van der Waals surface area contributed by atoms with Gasteiger partial charge in [0.25, 0.3) is 0 Å². The maximum absolute atomic E-state index is 11.6. The van der Waals surface area contributed by atoms with Crippen molar-refractivity contribution < 1.29 is 19.5 Å². The Labute approximate surface area is 105 Å². The third-order valence-corrected chi connectivity index (χ3v) is 2.49. The highest BCUT2D eigenvalue weighted by atomic mass is 16.4. The quantitative estimate of drug-likeness (QED) is 0.464. The van der Waals surface area contributed by atoms with E-state index in [1.165, 1.54) is 0 Å². The van der Waals surface area contributed by atoms with Gasteiger partial charge in [0.1, 0.15) is 0 Å². The number of carboxylic acid groups (broad SMARTS) is 1. The van der Waals surface area contributed by atoms with Crippen LogP contribution >= 0.6 is 0 Å². The van der Waals surface area contributed by atoms with Crippen molar-refractivity contribution in [3.63, 3.8) is 0 Å². The van der Waals surface area contributed by atoms with Gasteiger partial charge in [0, 0.05) is 32.7 Å². The van der Waals surface area contributed by atoms with E-state index in [1.54, 1.807) is 4.90 Å². The molecular formula is C10H18N4O4. The van der Waals surface area contributed by atoms with Crippen molar-refractivity contribution in [2.45, 2.75) is 6.42 Å². The number of aliphatic carboxylic acids is 1. The minimum absolute atomic E-state index is 0.0446. The van der Waals surface area contributed by atoms with Crippen LogP contribution in [-0.4, -0.2) is 67.2 Å². The second-order valence-corrected chi connectivity index (χ2v) is 3.88. The normalized spacial score (nSPS) is 15.0. The molecule has 1 heterocycles. The molecule has 102 valence electrons. The van der Waals surface area contributed by atoms with Gasteiger partial charge in [0.15, 0.2) is 0 Å². The van der Waals surface area contributed by atoms with Crippen LogP contribution in [-0.2, 0) is 9.59 Å². The van der Waals surface area contributed by atoms with Gasteiger partial charge in [-0.3, -0.25) is 9.59 Å². The summed E-state index contributed by atoms with van der Waals surface area (Å²) in [6.45, 7) is 2.78. The summed E-state index contributed by atoms with van der Waals surface area (Å²) >= 11 is 0. The lowest BCUT2D eigenvalue weighted by Crippen LogP contribution is -2.50. The molecule has 1 aliphatic heterocycles. The van der Waals surface area contributed by atoms with E-state index in [9.17, 15) is 14.4 Å². The van der Waals surface area contributed by atoms with Gasteiger partial charge in [-0.1, -0.05) is 0 Å². The third-order valence-electron chi connectivity index (χ3n) is 2.49. The second kappa shape index (κ2) is 7.49. The minimum Gasteiger partial charge on any atom is -0.481 e. The molecule has 0 aliphatic carbocycles. The summed E-state index contributed by atoms with van der Waals surface area (Å²) in [6, 6.07) is -0.528. The van der Waals surface area contributed by atoms with Crippen LogP contribution in [0.15, 0.2) is 0 Å². The molecule has 0 atom stereocenters. The lowest BCUT2D eigenvalue weighted by molar-refractivity contribution is -0.137. The summed E-state index contributed by atoms with van der Waals surface area (Å²) in [5.74, 6) is -1.11. The maximum atomic E-state index is 11.6. The molecule has 1 fully saturated rings. The summed E-state index contributed by atoms with van der Waals surface area (Å²) in [5, 5.41) is 16.3. The first kappa shape index (κ1) is 14.2. The molecule has 8 heteroatoms. The molecule has 18 heavy (non-hydrogen) atoms. The smallest absolute Gasteiger partial charge is 0.315 e. The van der Waals surface area contributed by atoms with Gasteiger partial charge >= 0.3 is 12.0 Å². The Hall–Kier alpha value is -1.83. The fraction of sp³-hybridized carbons (Fsp3) is 0.700. The fourth-order valence-corrected chi connectivity index (χ4v) is 1.53. The van der Waals surface area contributed by atoms with E-state index >= 15 is 0 Å². The van der Waals surface area contributed by atoms with Crippen LogP contribution in [0.4, 0.5) is 4.79 Å². The summed E-state index contributed by atoms with van der Waals surface area (Å²) in [6.07, 6.45) is -0.140. The number of hydrogen-bond donors (Lipinski definition) is 4. The van der Waals surface area contributed by atoms with E-state index in [2.05, 4.69) is 16.0 Å². The number of piperazine rings is 1. The zero-order chi connectivity index (χ0) is 13.4. The molecule has 1 aliphatic rings. The Morgan fingerprint density at radius 1 is 1.17 bits per heavy atom. The molecular weight excluding hydrogens is 240 g/mol. The molecule has 0 saturated carbocycles. The highest BCUT2D eigenvalue weighted by Crippen LogP contribution is 1.92. The molecule has 0 spiro atoms. The number of hydrogen-bond acceptors (Lipinski definition) is 4. The molecule has 0 aromatic heterocycles. The second-order valence-electron chi connectivity index (χ2n) is 3.88. The van der Waals surface area contributed by atoms with Crippen LogP contribution in [0.1, 0.15) is 6.42 Å². The van der Waals surface area contributed by atoms with Gasteiger partial charge in [-0.25, -0.2) is 4.79 Å². The summed E-state index contributed by atoms with van der Waals surface area (Å²) in [5.41, 5.74) is 0. The van der Waals surface area contributed by atoms with Crippen LogP contribution < -0.4 is 16.0 Å². The zero-order valence-electron chi connectivity index (χ0n) is 10.1. The zero-order valence-corrected chi connectivity index (χ0v) is 10.1. The summed E-state index contributed by atoms with van der Waals surface area (Å²) in [4.78, 5) is 34.7. The van der Waals surface area contributed by atoms with E-state index in [4.69, 9.17) is 5.11 Å². The first-order valence-corrected chi connectivity index (χ1v) is 5.81. The summed E-state index contributed by atoms with van der Waals surface area (Å²) in [7, 11) is 0. The lowest BCUT2D eigenvalue weighted by Gasteiger charge is -2.27. The average Bonchev–Trinajstić information content (AvgIpc) is 2.36. The van der Waals surface area contributed by atoms with Crippen molar-refractivity contribution in [2.24, 2.45) is 0 Å². The SMILES string of the molecule is O=C(O)CCNC(=O)NCC(=O)N1CCNCC1. The van der Waals surface area contributed by atoms with E-state index in [0.717, 1.165) is 13.1 Å². The Kier molecular flexibility index (Phi) is 5.92. The highest BCUT2D eigenvalue weighted by molar-refractivity contribution is 5.84. The average molecular weight is 258 g/mol. The highest BCUT2D eigenvalue weighted by Gasteiger charge is 2.16. The standard InChI is InChI=1S/C10H18N4O4/c15-8(14-5-3-11-4-6-14)7-13-10(18)12-2-1-9(16)17/h11H,1-7H2,(H,16,17)(H2,12,13,18). The van der Waals surface area contributed by atoms with Gasteiger partial charge < -0.3 is 26.0 Å². The molecule has 0 radical (unpaired) electrons. The summed E-state index contributed by atoms with van der Waals surface area (Å²) < 4.78 is 0. The molecule has 0 unspecified atom stereocenters. The van der Waals surface area contributed by atoms with Crippen LogP contribution in [0, 0.1) is 0 Å². The topological polar surface area (TPSA) is 111 Å². The number of amides is 3. The minimum atomic E-state index is -0.979. The van der Waals surface area contributed by atoms with E-state index < -0.39 is 12.0 Å². The molecule has 0 bridgehead atoms. The number of urea groups is 1. The van der Waals surface area contributed by atoms with Crippen LogP contribution in [0.5, 0.6) is 0 Å². The van der Waals surface area contributed by atoms with Gasteiger partial charge in [0.2, 0.25) is 5.91 Å². The molecule has 3 amide bonds. The third kappa shape index (κ3) is 5.48. The van der Waals surface area contributed by atoms with Crippen molar-refractivity contribution in [3.8, 4) is 0 Å². The number of carboxylic acids is 1. The molecule has 0 aromatic rings. The molecule has 1 saturated heterocycles. The van der Waals surface area contributed by atoms with E-state index in [0.29, 0.717) is 13.1 Å². The maximum Gasteiger partial charge on any atom is 0.315 e. The first-order valence-electron chi connectivity index (χ1n) is 5.81. The lowest BCUT2D eigenvalue weighted by atomic mass is 10.3. The fourth-order valence-electron chi connectivity index (χ4n) is 1.53. The van der Waals surface area contributed by atoms with Crippen molar-refractivity contribution in [2.75, 3.05) is 39.3 Å². The number of carbonyl (C=O) groups is 3. The number of nitrogens with zero attached hydrogens (tertiary/aromatic N) is 1. The Morgan fingerprint density at radius 2 is 1.83 bits per heavy atom. The predicted octanol–water partition coefficient (Wildman–Crippen LogP) is -1.81. The van der Waals surface area contributed by atoms with Crippen molar-refractivity contribution in [1.29, 1.82) is 0 Å². The first-order chi connectivity index (χ1) is 8.59. The van der Waals surface area contributed by atoms with E-state index in [1.807, 2.05) is 0 Å². The van der Waals surface area contributed by atoms with Crippen molar-refractivity contribution in [3.05, 3.63) is 0 Å². The molecule has 0 aromatic carbocycles. The van der Waals surface area contributed by atoms with Gasteiger partial charge in [-0.15, -0.1) is 0 Å². The van der Waals surface area contributed by atoms with Gasteiger partial charge in [-0.2, -0.15) is 0 Å². The monoisotopic (exact) mass is 258 g/mol. The van der Waals surface area contributed by atoms with Crippen LogP contribution in [0.2, 0.25) is 0 Å². The van der Waals surface area contributed by atoms with Gasteiger partial charge in [0.05, 0.1) is 13.0 Å². The number of nitrogens with one attached hydrogen (secondary N) is 3. The predicted molar refractivity (Wildman–Crippen MR) is 63.1 cm³/mol. The van der Waals surface area contributed by atoms with Crippen LogP contribution in [0.3, 0.4) is 0 Å². The largest absolute Gasteiger partial charge is 0.481 e. The number of carbonyl (C=O) groups excluding carboxylic acids is 2. The Morgan fingerprint density at radius 3 is 2.44 bits per heavy atom. The van der Waals surface area contributed by atoms with Gasteiger partial charge in [-0.05, 0) is 0 Å². The molecule has 1 rings (SSSR count).